The zero-order chi connectivity index (χ0) is 15.4. The number of anilines is 1. The molecule has 9 heteroatoms. The Morgan fingerprint density at radius 1 is 1.38 bits per heavy atom. The van der Waals surface area contributed by atoms with Crippen LogP contribution in [-0.2, 0) is 6.54 Å². The molecule has 0 atom stereocenters. The Morgan fingerprint density at radius 2 is 2.14 bits per heavy atom. The van der Waals surface area contributed by atoms with Crippen molar-refractivity contribution in [1.29, 1.82) is 0 Å². The number of nitrogens with two attached hydrogens (primary N) is 1. The van der Waals surface area contributed by atoms with Gasteiger partial charge in [0.15, 0.2) is 5.69 Å². The first kappa shape index (κ1) is 14.9. The van der Waals surface area contributed by atoms with E-state index in [1.807, 2.05) is 0 Å². The van der Waals surface area contributed by atoms with E-state index in [1.54, 1.807) is 0 Å². The summed E-state index contributed by atoms with van der Waals surface area (Å²) < 4.78 is 1.44. The van der Waals surface area contributed by atoms with Gasteiger partial charge in [0.2, 0.25) is 0 Å². The molecule has 0 aliphatic carbocycles. The molecule has 8 nitrogen and oxygen atoms in total. The van der Waals surface area contributed by atoms with Crippen LogP contribution in [0.25, 0.3) is 0 Å². The Morgan fingerprint density at radius 3 is 2.81 bits per heavy atom. The van der Waals surface area contributed by atoms with E-state index in [0.29, 0.717) is 13.1 Å². The molecule has 2 rings (SSSR count). The third kappa shape index (κ3) is 3.77. The van der Waals surface area contributed by atoms with Crippen LogP contribution in [-0.4, -0.2) is 38.5 Å². The summed E-state index contributed by atoms with van der Waals surface area (Å²) in [4.78, 5) is 22.9. The fourth-order valence-corrected chi connectivity index (χ4v) is 1.86. The molecule has 2 aromatic rings. The van der Waals surface area contributed by atoms with Crippen molar-refractivity contribution >= 4 is 29.2 Å². The van der Waals surface area contributed by atoms with Crippen LogP contribution in [0.4, 0.5) is 5.69 Å². The highest BCUT2D eigenvalue weighted by Crippen LogP contribution is 2.19. The minimum atomic E-state index is -1.14. The molecule has 0 unspecified atom stereocenters. The molecule has 1 amide bonds. The maximum absolute atomic E-state index is 12.0. The Hall–Kier alpha value is -2.45. The quantitative estimate of drug-likeness (QED) is 0.752. The summed E-state index contributed by atoms with van der Waals surface area (Å²) >= 11 is 5.81. The lowest BCUT2D eigenvalue weighted by Crippen LogP contribution is -2.13. The van der Waals surface area contributed by atoms with E-state index < -0.39 is 11.9 Å². The zero-order valence-electron chi connectivity index (χ0n) is 10.8. The lowest BCUT2D eigenvalue weighted by molar-refractivity contribution is 0.0696. The molecule has 0 fully saturated rings. The molecular weight excluding hydrogens is 298 g/mol. The standard InChI is InChI=1S/C12H12ClN5O3/c13-8-3-7(12(20)21)4-9(5-8)15-11(19)10-6-18(2-1-14)17-16-10/h3-6H,1-2,14H2,(H,15,19)(H,20,21). The summed E-state index contributed by atoms with van der Waals surface area (Å²) in [5.74, 6) is -1.65. The minimum absolute atomic E-state index is 0.0235. The SMILES string of the molecule is NCCn1cc(C(=O)Nc2cc(Cl)cc(C(=O)O)c2)nn1. The summed E-state index contributed by atoms with van der Waals surface area (Å²) in [6.07, 6.45) is 1.45. The van der Waals surface area contributed by atoms with Crippen LogP contribution in [0.1, 0.15) is 20.8 Å². The number of benzene rings is 1. The highest BCUT2D eigenvalue weighted by Gasteiger charge is 2.13. The van der Waals surface area contributed by atoms with Crippen molar-refractivity contribution < 1.29 is 14.7 Å². The van der Waals surface area contributed by atoms with Crippen LogP contribution in [0.15, 0.2) is 24.4 Å². The summed E-state index contributed by atoms with van der Waals surface area (Å²) in [6.45, 7) is 0.821. The molecule has 110 valence electrons. The molecule has 0 aliphatic heterocycles. The zero-order valence-corrected chi connectivity index (χ0v) is 11.5. The average molecular weight is 310 g/mol. The summed E-state index contributed by atoms with van der Waals surface area (Å²) in [5, 5.41) is 19.1. The second-order valence-corrected chi connectivity index (χ2v) is 4.58. The number of hydrogen-bond donors (Lipinski definition) is 3. The van der Waals surface area contributed by atoms with Gasteiger partial charge in [-0.05, 0) is 18.2 Å². The molecule has 0 bridgehead atoms. The van der Waals surface area contributed by atoms with Crippen molar-refractivity contribution in [1.82, 2.24) is 15.0 Å². The van der Waals surface area contributed by atoms with Crippen molar-refractivity contribution in [2.75, 3.05) is 11.9 Å². The van der Waals surface area contributed by atoms with Crippen LogP contribution in [0.3, 0.4) is 0 Å². The lowest BCUT2D eigenvalue weighted by atomic mass is 10.2. The molecule has 0 spiro atoms. The first-order chi connectivity index (χ1) is 9.99. The second kappa shape index (κ2) is 6.33. The van der Waals surface area contributed by atoms with E-state index in [4.69, 9.17) is 22.4 Å². The number of hydrogen-bond acceptors (Lipinski definition) is 5. The van der Waals surface area contributed by atoms with Crippen LogP contribution in [0.5, 0.6) is 0 Å². The van der Waals surface area contributed by atoms with E-state index in [2.05, 4.69) is 15.6 Å². The Bertz CT molecular complexity index is 685. The maximum Gasteiger partial charge on any atom is 0.335 e. The highest BCUT2D eigenvalue weighted by molar-refractivity contribution is 6.31. The second-order valence-electron chi connectivity index (χ2n) is 4.14. The van der Waals surface area contributed by atoms with Crippen molar-refractivity contribution in [3.63, 3.8) is 0 Å². The number of carboxylic acid groups (broad SMARTS) is 1. The third-order valence-corrected chi connectivity index (χ3v) is 2.75. The van der Waals surface area contributed by atoms with Gasteiger partial charge in [-0.3, -0.25) is 9.48 Å². The van der Waals surface area contributed by atoms with Gasteiger partial charge < -0.3 is 16.2 Å². The fraction of sp³-hybridized carbons (Fsp3) is 0.167. The highest BCUT2D eigenvalue weighted by atomic mass is 35.5. The number of carbonyl (C=O) groups is 2. The number of amides is 1. The molecule has 1 aromatic heterocycles. The van der Waals surface area contributed by atoms with Gasteiger partial charge in [-0.1, -0.05) is 16.8 Å². The minimum Gasteiger partial charge on any atom is -0.478 e. The number of halogens is 1. The van der Waals surface area contributed by atoms with Gasteiger partial charge in [-0.25, -0.2) is 4.79 Å². The number of carboxylic acids is 1. The van der Waals surface area contributed by atoms with Crippen LogP contribution in [0.2, 0.25) is 5.02 Å². The number of aromatic nitrogens is 3. The Labute approximate surface area is 124 Å². The number of aromatic carboxylic acids is 1. The number of nitrogens with one attached hydrogen (secondary N) is 1. The molecule has 0 saturated carbocycles. The molecular formula is C12H12ClN5O3. The van der Waals surface area contributed by atoms with E-state index in [9.17, 15) is 9.59 Å². The van der Waals surface area contributed by atoms with Crippen LogP contribution >= 0.6 is 11.6 Å². The van der Waals surface area contributed by atoms with Gasteiger partial charge in [0.1, 0.15) is 0 Å². The molecule has 21 heavy (non-hydrogen) atoms. The molecule has 4 N–H and O–H groups in total. The summed E-state index contributed by atoms with van der Waals surface area (Å²) in [6, 6.07) is 4.03. The van der Waals surface area contributed by atoms with Crippen molar-refractivity contribution in [3.05, 3.63) is 40.7 Å². The molecule has 1 aromatic carbocycles. The summed E-state index contributed by atoms with van der Waals surface area (Å²) in [7, 11) is 0. The lowest BCUT2D eigenvalue weighted by Gasteiger charge is -2.05. The van der Waals surface area contributed by atoms with E-state index in [-0.39, 0.29) is 22.0 Å². The first-order valence-electron chi connectivity index (χ1n) is 5.95. The van der Waals surface area contributed by atoms with E-state index in [0.717, 1.165) is 0 Å². The average Bonchev–Trinajstić information content (AvgIpc) is 2.87. The summed E-state index contributed by atoms with van der Waals surface area (Å²) in [5.41, 5.74) is 5.71. The van der Waals surface area contributed by atoms with Crippen molar-refractivity contribution in [3.8, 4) is 0 Å². The number of rotatable bonds is 5. The predicted molar refractivity (Wildman–Crippen MR) is 75.4 cm³/mol. The first-order valence-corrected chi connectivity index (χ1v) is 6.33. The van der Waals surface area contributed by atoms with E-state index in [1.165, 1.54) is 29.1 Å². The number of carbonyl (C=O) groups excluding carboxylic acids is 1. The Balaban J connectivity index is 2.16. The van der Waals surface area contributed by atoms with Gasteiger partial charge in [0.05, 0.1) is 18.3 Å². The van der Waals surface area contributed by atoms with Crippen LogP contribution in [0, 0.1) is 0 Å². The normalized spacial score (nSPS) is 10.4. The number of nitrogens with zero attached hydrogens (tertiary/aromatic N) is 3. The smallest absolute Gasteiger partial charge is 0.335 e. The Kier molecular flexibility index (Phi) is 4.51. The maximum atomic E-state index is 12.0. The van der Waals surface area contributed by atoms with Crippen molar-refractivity contribution in [2.45, 2.75) is 6.54 Å². The van der Waals surface area contributed by atoms with Gasteiger partial charge in [0.25, 0.3) is 5.91 Å². The largest absolute Gasteiger partial charge is 0.478 e. The third-order valence-electron chi connectivity index (χ3n) is 2.53. The van der Waals surface area contributed by atoms with Crippen LogP contribution < -0.4 is 11.1 Å². The monoisotopic (exact) mass is 309 g/mol. The topological polar surface area (TPSA) is 123 Å². The van der Waals surface area contributed by atoms with Gasteiger partial charge in [-0.15, -0.1) is 5.10 Å². The molecule has 1 heterocycles. The fourth-order valence-electron chi connectivity index (χ4n) is 1.62. The molecule has 0 aliphatic rings. The van der Waals surface area contributed by atoms with E-state index >= 15 is 0 Å². The van der Waals surface area contributed by atoms with Gasteiger partial charge in [0, 0.05) is 17.3 Å². The molecule has 0 radical (unpaired) electrons. The molecule has 0 saturated heterocycles. The predicted octanol–water partition coefficient (Wildman–Crippen LogP) is 0.841. The van der Waals surface area contributed by atoms with Gasteiger partial charge in [-0.2, -0.15) is 0 Å². The van der Waals surface area contributed by atoms with Gasteiger partial charge >= 0.3 is 5.97 Å². The van der Waals surface area contributed by atoms with Crippen molar-refractivity contribution in [2.24, 2.45) is 5.73 Å².